The normalized spacial score (nSPS) is 20.2. The van der Waals surface area contributed by atoms with Crippen LogP contribution < -0.4 is 0 Å². The van der Waals surface area contributed by atoms with Gasteiger partial charge in [-0.05, 0) is 19.8 Å². The van der Waals surface area contributed by atoms with Crippen LogP contribution in [0.2, 0.25) is 0 Å². The highest BCUT2D eigenvalue weighted by Gasteiger charge is 2.41. The van der Waals surface area contributed by atoms with Crippen LogP contribution in [-0.2, 0) is 0 Å². The minimum absolute atomic E-state index is 0.0552. The average Bonchev–Trinajstić information content (AvgIpc) is 2.80. The number of aliphatic hydroxyl groups is 1. The van der Waals surface area contributed by atoms with Gasteiger partial charge >= 0.3 is 6.18 Å². The number of aliphatic hydroxyl groups excluding tert-OH is 1. The molecule has 0 aromatic carbocycles. The first-order valence-electron chi connectivity index (χ1n) is 5.61. The topological polar surface area (TPSA) is 23.5 Å². The Hall–Kier alpha value is -0.290. The summed E-state index contributed by atoms with van der Waals surface area (Å²) in [7, 11) is 0. The van der Waals surface area contributed by atoms with E-state index in [-0.39, 0.29) is 12.6 Å². The van der Waals surface area contributed by atoms with Crippen LogP contribution in [0.1, 0.15) is 33.6 Å². The van der Waals surface area contributed by atoms with Gasteiger partial charge in [0, 0.05) is 18.0 Å². The lowest BCUT2D eigenvalue weighted by molar-refractivity contribution is -0.152. The molecule has 0 amide bonds. The molecule has 1 saturated carbocycles. The summed E-state index contributed by atoms with van der Waals surface area (Å²) in [4.78, 5) is 1.45. The third-order valence-electron chi connectivity index (χ3n) is 3.19. The van der Waals surface area contributed by atoms with Gasteiger partial charge in [0.25, 0.3) is 0 Å². The molecule has 1 fully saturated rings. The van der Waals surface area contributed by atoms with Crippen molar-refractivity contribution in [1.29, 1.82) is 0 Å². The molecular formula is C11H20F3NO. The first-order chi connectivity index (χ1) is 7.12. The minimum atomic E-state index is -4.16. The quantitative estimate of drug-likeness (QED) is 0.796. The summed E-state index contributed by atoms with van der Waals surface area (Å²) in [5, 5.41) is 9.52. The highest BCUT2D eigenvalue weighted by atomic mass is 19.4. The molecular weight excluding hydrogens is 219 g/mol. The number of hydrogen-bond acceptors (Lipinski definition) is 2. The van der Waals surface area contributed by atoms with Gasteiger partial charge in [0.05, 0.1) is 12.6 Å². The molecule has 0 saturated heterocycles. The Balaban J connectivity index is 2.58. The second kappa shape index (κ2) is 4.53. The summed E-state index contributed by atoms with van der Waals surface area (Å²) >= 11 is 0. The molecule has 0 radical (unpaired) electrons. The van der Waals surface area contributed by atoms with E-state index in [1.165, 1.54) is 4.90 Å². The van der Waals surface area contributed by atoms with Crippen LogP contribution in [0.3, 0.4) is 0 Å². The van der Waals surface area contributed by atoms with Gasteiger partial charge in [0.1, 0.15) is 0 Å². The fraction of sp³-hybridized carbons (Fsp3) is 1.00. The van der Waals surface area contributed by atoms with Crippen molar-refractivity contribution < 1.29 is 18.3 Å². The second-order valence-electron chi connectivity index (χ2n) is 5.42. The summed E-state index contributed by atoms with van der Waals surface area (Å²) in [5.74, 6) is 0. The fourth-order valence-corrected chi connectivity index (χ4v) is 1.64. The predicted molar refractivity (Wildman–Crippen MR) is 56.1 cm³/mol. The van der Waals surface area contributed by atoms with Crippen LogP contribution in [0.15, 0.2) is 0 Å². The standard InChI is InChI=1S/C11H20F3NO/c1-8(16)10(2,3)6-15(9-4-5-9)7-11(12,13)14/h8-9,16H,4-7H2,1-3H3. The van der Waals surface area contributed by atoms with Crippen molar-refractivity contribution in [2.24, 2.45) is 5.41 Å². The molecule has 0 aliphatic heterocycles. The van der Waals surface area contributed by atoms with Gasteiger partial charge < -0.3 is 5.11 Å². The SMILES string of the molecule is CC(O)C(C)(C)CN(CC(F)(F)F)C1CC1. The van der Waals surface area contributed by atoms with Crippen LogP contribution in [-0.4, -0.2) is 41.4 Å². The number of nitrogens with zero attached hydrogens (tertiary/aromatic N) is 1. The highest BCUT2D eigenvalue weighted by molar-refractivity contribution is 4.90. The molecule has 1 N–H and O–H groups in total. The van der Waals surface area contributed by atoms with Gasteiger partial charge in [-0.25, -0.2) is 0 Å². The Bertz CT molecular complexity index is 234. The first kappa shape index (κ1) is 13.8. The summed E-state index contributed by atoms with van der Waals surface area (Å²) in [6.07, 6.45) is -3.09. The van der Waals surface area contributed by atoms with Gasteiger partial charge in [-0.2, -0.15) is 13.2 Å². The molecule has 1 rings (SSSR count). The average molecular weight is 239 g/mol. The van der Waals surface area contributed by atoms with Gasteiger partial charge in [0.15, 0.2) is 0 Å². The van der Waals surface area contributed by atoms with Crippen LogP contribution in [0, 0.1) is 5.41 Å². The zero-order valence-corrected chi connectivity index (χ0v) is 10.0. The van der Waals surface area contributed by atoms with Crippen molar-refractivity contribution in [3.63, 3.8) is 0 Å². The van der Waals surface area contributed by atoms with E-state index in [2.05, 4.69) is 0 Å². The first-order valence-corrected chi connectivity index (χ1v) is 5.61. The summed E-state index contributed by atoms with van der Waals surface area (Å²) < 4.78 is 37.1. The molecule has 1 atom stereocenters. The molecule has 96 valence electrons. The Morgan fingerprint density at radius 1 is 1.25 bits per heavy atom. The maximum atomic E-state index is 12.4. The molecule has 2 nitrogen and oxygen atoms in total. The van der Waals surface area contributed by atoms with Crippen LogP contribution in [0.25, 0.3) is 0 Å². The molecule has 0 spiro atoms. The molecule has 0 bridgehead atoms. The smallest absolute Gasteiger partial charge is 0.393 e. The lowest BCUT2D eigenvalue weighted by Crippen LogP contribution is -2.45. The van der Waals surface area contributed by atoms with Crippen LogP contribution in [0.5, 0.6) is 0 Å². The Kier molecular flexibility index (Phi) is 3.90. The third-order valence-corrected chi connectivity index (χ3v) is 3.19. The summed E-state index contributed by atoms with van der Waals surface area (Å²) in [6, 6.07) is 0.0552. The minimum Gasteiger partial charge on any atom is -0.393 e. The number of alkyl halides is 3. The van der Waals surface area contributed by atoms with Gasteiger partial charge in [0.2, 0.25) is 0 Å². The summed E-state index contributed by atoms with van der Waals surface area (Å²) in [5.41, 5.74) is -0.506. The van der Waals surface area contributed by atoms with E-state index in [0.29, 0.717) is 0 Å². The molecule has 0 heterocycles. The van der Waals surface area contributed by atoms with Gasteiger partial charge in [-0.1, -0.05) is 13.8 Å². The van der Waals surface area contributed by atoms with Gasteiger partial charge in [-0.15, -0.1) is 0 Å². The van der Waals surface area contributed by atoms with E-state index in [9.17, 15) is 18.3 Å². The molecule has 1 aliphatic rings. The van der Waals surface area contributed by atoms with Crippen molar-refractivity contribution in [3.8, 4) is 0 Å². The van der Waals surface area contributed by atoms with Crippen molar-refractivity contribution >= 4 is 0 Å². The zero-order valence-electron chi connectivity index (χ0n) is 10.0. The van der Waals surface area contributed by atoms with Crippen LogP contribution >= 0.6 is 0 Å². The molecule has 5 heteroatoms. The monoisotopic (exact) mass is 239 g/mol. The number of halogens is 3. The maximum Gasteiger partial charge on any atom is 0.401 e. The van der Waals surface area contributed by atoms with E-state index in [1.807, 2.05) is 0 Å². The van der Waals surface area contributed by atoms with Crippen molar-refractivity contribution in [3.05, 3.63) is 0 Å². The maximum absolute atomic E-state index is 12.4. The molecule has 1 aliphatic carbocycles. The van der Waals surface area contributed by atoms with E-state index < -0.39 is 24.2 Å². The molecule has 0 aromatic rings. The largest absolute Gasteiger partial charge is 0.401 e. The zero-order chi connectivity index (χ0) is 12.6. The van der Waals surface area contributed by atoms with Crippen molar-refractivity contribution in [2.75, 3.05) is 13.1 Å². The molecule has 16 heavy (non-hydrogen) atoms. The second-order valence-corrected chi connectivity index (χ2v) is 5.42. The highest BCUT2D eigenvalue weighted by Crippen LogP contribution is 2.33. The third kappa shape index (κ3) is 4.29. The predicted octanol–water partition coefficient (Wildman–Crippen LogP) is 2.42. The Labute approximate surface area is 94.4 Å². The van der Waals surface area contributed by atoms with Gasteiger partial charge in [-0.3, -0.25) is 4.90 Å². The van der Waals surface area contributed by atoms with Crippen molar-refractivity contribution in [2.45, 2.75) is 51.9 Å². The van der Waals surface area contributed by atoms with E-state index in [1.54, 1.807) is 20.8 Å². The van der Waals surface area contributed by atoms with E-state index >= 15 is 0 Å². The lowest BCUT2D eigenvalue weighted by atomic mass is 9.87. The molecule has 0 aromatic heterocycles. The Morgan fingerprint density at radius 3 is 2.06 bits per heavy atom. The number of hydrogen-bond donors (Lipinski definition) is 1. The summed E-state index contributed by atoms with van der Waals surface area (Å²) in [6.45, 7) is 4.63. The van der Waals surface area contributed by atoms with E-state index in [0.717, 1.165) is 12.8 Å². The fourth-order valence-electron chi connectivity index (χ4n) is 1.64. The van der Waals surface area contributed by atoms with Crippen molar-refractivity contribution in [1.82, 2.24) is 4.90 Å². The Morgan fingerprint density at radius 2 is 1.75 bits per heavy atom. The molecule has 1 unspecified atom stereocenters. The lowest BCUT2D eigenvalue weighted by Gasteiger charge is -2.35. The van der Waals surface area contributed by atoms with Crippen LogP contribution in [0.4, 0.5) is 13.2 Å². The number of rotatable bonds is 5. The van der Waals surface area contributed by atoms with E-state index in [4.69, 9.17) is 0 Å².